The number of halogens is 2. The molecular formula is C52H46Cl2P4Ru. The summed E-state index contributed by atoms with van der Waals surface area (Å²) in [6, 6.07) is 87.6. The Hall–Kier alpha value is -3.32. The first kappa shape index (κ1) is 45.2. The van der Waals surface area contributed by atoms with Gasteiger partial charge in [0, 0.05) is 0 Å². The Kier molecular flexibility index (Phi) is 20.0. The third-order valence-corrected chi connectivity index (χ3v) is 19.2. The van der Waals surface area contributed by atoms with E-state index in [4.69, 9.17) is 19.4 Å². The molecular weight excluding hydrogens is 920 g/mol. The van der Waals surface area contributed by atoms with Gasteiger partial charge in [-0.3, -0.25) is 12.3 Å². The zero-order chi connectivity index (χ0) is 40.7. The van der Waals surface area contributed by atoms with Gasteiger partial charge in [0.25, 0.3) is 0 Å². The third-order valence-electron chi connectivity index (χ3n) is 9.30. The fourth-order valence-corrected chi connectivity index (χ4v) is 16.1. The van der Waals surface area contributed by atoms with E-state index in [-0.39, 0.29) is 15.1 Å². The Bertz CT molecular complexity index is 1790. The van der Waals surface area contributed by atoms with Crippen molar-refractivity contribution in [3.8, 4) is 0 Å². The van der Waals surface area contributed by atoms with Crippen LogP contribution in [0.5, 0.6) is 0 Å². The minimum atomic E-state index is -0.473. The van der Waals surface area contributed by atoms with Gasteiger partial charge < -0.3 is 0 Å². The molecule has 0 fully saturated rings. The second kappa shape index (κ2) is 26.1. The van der Waals surface area contributed by atoms with E-state index in [9.17, 15) is 0 Å². The quantitative estimate of drug-likeness (QED) is 0.0579. The molecule has 8 rings (SSSR count). The Morgan fingerprint density at radius 1 is 0.271 bits per heavy atom. The van der Waals surface area contributed by atoms with Gasteiger partial charge in [0.05, 0.1) is 0 Å². The average Bonchev–Trinajstić information content (AvgIpc) is 3.32. The van der Waals surface area contributed by atoms with Crippen molar-refractivity contribution < 1.29 is 15.1 Å². The molecule has 0 nitrogen and oxygen atoms in total. The minimum absolute atomic E-state index is 0.346. The fraction of sp³-hybridized carbons (Fsp3) is 0.0385. The summed E-state index contributed by atoms with van der Waals surface area (Å²) in [5.41, 5.74) is 0. The summed E-state index contributed by atoms with van der Waals surface area (Å²) in [6.45, 7) is 0. The molecule has 0 aromatic heterocycles. The van der Waals surface area contributed by atoms with Crippen LogP contribution in [0, 0.1) is 12.3 Å². The molecule has 296 valence electrons. The summed E-state index contributed by atoms with van der Waals surface area (Å²) in [5.74, 6) is 0. The Morgan fingerprint density at radius 2 is 0.424 bits per heavy atom. The standard InChI is InChI=1S/2C26H23P2.2ClH.Ru/c2*1-5-13-23(14-6-1)27(24-15-7-2-8-16-24)21-22-28(25-17-9-3-10-18-25)26-19-11-4-12-20-26;;;/h2*1-21H,22H2;2*1H;/q2*-1;;;+4/p-2. The van der Waals surface area contributed by atoms with E-state index in [1.165, 1.54) is 42.4 Å². The summed E-state index contributed by atoms with van der Waals surface area (Å²) in [6.07, 6.45) is 7.31. The maximum absolute atomic E-state index is 4.85. The van der Waals surface area contributed by atoms with Crippen molar-refractivity contribution in [1.29, 1.82) is 0 Å². The molecule has 8 aromatic carbocycles. The number of rotatable bonds is 14. The first-order valence-corrected chi connectivity index (χ1v) is 29.7. The SMILES string of the molecule is [Cl][Ru+2][Cl].c1ccc(P([CH-]CP(c2ccccc2)c2ccccc2)c2ccccc2)cc1.c1ccc(P([CH-]CP(c2ccccc2)c2ccccc2)c2ccccc2)cc1. The van der Waals surface area contributed by atoms with Gasteiger partial charge in [-0.1, -0.05) is 280 Å². The smallest absolute Gasteiger partial charge is 0.0220 e. The van der Waals surface area contributed by atoms with Crippen molar-refractivity contribution in [2.75, 3.05) is 12.3 Å². The molecule has 0 atom stereocenters. The van der Waals surface area contributed by atoms with E-state index >= 15 is 0 Å². The van der Waals surface area contributed by atoms with E-state index < -0.39 is 31.7 Å². The van der Waals surface area contributed by atoms with Crippen LogP contribution in [-0.4, -0.2) is 12.3 Å². The van der Waals surface area contributed by atoms with E-state index in [0.717, 1.165) is 12.3 Å². The normalized spacial score (nSPS) is 10.8. The summed E-state index contributed by atoms with van der Waals surface area (Å²) >= 11 is -0.346. The number of benzene rings is 8. The molecule has 8 aromatic rings. The Labute approximate surface area is 373 Å². The van der Waals surface area contributed by atoms with Crippen LogP contribution in [0.4, 0.5) is 0 Å². The maximum Gasteiger partial charge on any atom is -0.0220 e. The predicted octanol–water partition coefficient (Wildman–Crippen LogP) is 12.2. The molecule has 0 heterocycles. The second-order valence-corrected chi connectivity index (χ2v) is 24.5. The predicted molar refractivity (Wildman–Crippen MR) is 266 cm³/mol. The van der Waals surface area contributed by atoms with Crippen molar-refractivity contribution in [3.05, 3.63) is 255 Å². The number of hydrogen-bond acceptors (Lipinski definition) is 0. The molecule has 0 saturated heterocycles. The number of hydrogen-bond donors (Lipinski definition) is 0. The van der Waals surface area contributed by atoms with Crippen molar-refractivity contribution in [2.45, 2.75) is 0 Å². The van der Waals surface area contributed by atoms with Crippen LogP contribution in [0.15, 0.2) is 243 Å². The van der Waals surface area contributed by atoms with Crippen LogP contribution in [-0.2, 0) is 15.1 Å². The Balaban J connectivity index is 0.000000186. The first-order chi connectivity index (χ1) is 29.2. The van der Waals surface area contributed by atoms with Crippen molar-refractivity contribution in [3.63, 3.8) is 0 Å². The molecule has 0 radical (unpaired) electrons. The van der Waals surface area contributed by atoms with Crippen molar-refractivity contribution in [2.24, 2.45) is 0 Å². The molecule has 0 aliphatic carbocycles. The first-order valence-electron chi connectivity index (χ1n) is 19.3. The second-order valence-electron chi connectivity index (χ2n) is 13.1. The van der Waals surface area contributed by atoms with Gasteiger partial charge in [-0.2, -0.15) is 0 Å². The largest absolute Gasteiger partial charge is 0.289 e. The van der Waals surface area contributed by atoms with Crippen LogP contribution in [0.3, 0.4) is 0 Å². The van der Waals surface area contributed by atoms with Gasteiger partial charge in [0.2, 0.25) is 0 Å². The topological polar surface area (TPSA) is 0 Å². The van der Waals surface area contributed by atoms with Gasteiger partial charge in [0.15, 0.2) is 0 Å². The molecule has 7 heteroatoms. The van der Waals surface area contributed by atoms with Gasteiger partial charge in [-0.25, -0.2) is 15.8 Å². The molecule has 0 amide bonds. The van der Waals surface area contributed by atoms with Gasteiger partial charge in [-0.15, -0.1) is 12.3 Å². The summed E-state index contributed by atoms with van der Waals surface area (Å²) in [4.78, 5) is 0. The summed E-state index contributed by atoms with van der Waals surface area (Å²) < 4.78 is 0. The van der Waals surface area contributed by atoms with Gasteiger partial charge >= 0.3 is 34.5 Å². The van der Waals surface area contributed by atoms with E-state index in [1.54, 1.807) is 0 Å². The molecule has 0 unspecified atom stereocenters. The zero-order valence-corrected chi connectivity index (χ0v) is 39.4. The minimum Gasteiger partial charge on any atom is -0.289 e. The van der Waals surface area contributed by atoms with Crippen LogP contribution < -0.4 is 42.4 Å². The monoisotopic (exact) mass is 966 g/mol. The van der Waals surface area contributed by atoms with Crippen molar-refractivity contribution >= 4 is 93.5 Å². The van der Waals surface area contributed by atoms with Gasteiger partial charge in [0.1, 0.15) is 0 Å². The van der Waals surface area contributed by atoms with E-state index in [0.29, 0.717) is 0 Å². The van der Waals surface area contributed by atoms with Crippen molar-refractivity contribution in [1.82, 2.24) is 0 Å². The molecule has 59 heavy (non-hydrogen) atoms. The maximum atomic E-state index is 4.85. The molecule has 0 saturated carbocycles. The third kappa shape index (κ3) is 14.4. The van der Waals surface area contributed by atoms with Crippen LogP contribution in [0.2, 0.25) is 0 Å². The van der Waals surface area contributed by atoms with Crippen LogP contribution in [0.25, 0.3) is 0 Å². The summed E-state index contributed by atoms with van der Waals surface area (Å²) in [7, 11) is 7.96. The molecule has 0 spiro atoms. The molecule has 0 N–H and O–H groups in total. The Morgan fingerprint density at radius 3 is 0.593 bits per heavy atom. The van der Waals surface area contributed by atoms with Crippen LogP contribution >= 0.6 is 51.1 Å². The van der Waals surface area contributed by atoms with Crippen LogP contribution in [0.1, 0.15) is 0 Å². The summed E-state index contributed by atoms with van der Waals surface area (Å²) in [5, 5.41) is 11.4. The van der Waals surface area contributed by atoms with E-state index in [2.05, 4.69) is 255 Å². The molecule has 0 bridgehead atoms. The molecule has 0 aliphatic heterocycles. The fourth-order valence-electron chi connectivity index (χ4n) is 6.55. The average molecular weight is 967 g/mol. The molecule has 0 aliphatic rings. The van der Waals surface area contributed by atoms with E-state index in [1.807, 2.05) is 0 Å². The van der Waals surface area contributed by atoms with Gasteiger partial charge in [-0.05, 0) is 21.2 Å². The zero-order valence-electron chi connectivity index (χ0n) is 32.6.